The first-order valence-electron chi connectivity index (χ1n) is 11.9. The number of benzene rings is 1. The van der Waals surface area contributed by atoms with Crippen LogP contribution in [0, 0.1) is 20.8 Å². The van der Waals surface area contributed by atoms with E-state index in [0.29, 0.717) is 51.7 Å². The first kappa shape index (κ1) is 22.9. The molecule has 0 spiro atoms. The van der Waals surface area contributed by atoms with E-state index in [1.54, 1.807) is 18.2 Å². The van der Waals surface area contributed by atoms with Crippen LogP contribution < -0.4 is 0 Å². The molecule has 1 aliphatic carbocycles. The Bertz CT molecular complexity index is 1410. The number of hydrogen-bond donors (Lipinski definition) is 0. The summed E-state index contributed by atoms with van der Waals surface area (Å²) in [6.07, 6.45) is 3.09. The molecule has 0 N–H and O–H groups in total. The molecule has 1 aliphatic rings. The smallest absolute Gasteiger partial charge is 0.419 e. The van der Waals surface area contributed by atoms with Crippen LogP contribution in [0.4, 0.5) is 4.79 Å². The van der Waals surface area contributed by atoms with Crippen LogP contribution >= 0.6 is 0 Å². The molecule has 1 saturated carbocycles. The van der Waals surface area contributed by atoms with Crippen LogP contribution in [0.5, 0.6) is 0 Å². The van der Waals surface area contributed by atoms with Gasteiger partial charge in [0.25, 0.3) is 0 Å². The average molecular weight is 474 g/mol. The minimum absolute atomic E-state index is 0.158. The zero-order valence-corrected chi connectivity index (χ0v) is 20.3. The Labute approximate surface area is 202 Å². The number of nitrogens with zero attached hydrogens (tertiary/aromatic N) is 5. The molecule has 3 aromatic heterocycles. The molecule has 0 saturated heterocycles. The molecule has 180 valence electrons. The van der Waals surface area contributed by atoms with E-state index in [4.69, 9.17) is 14.2 Å². The minimum Gasteiger partial charge on any atom is -0.449 e. The summed E-state index contributed by atoms with van der Waals surface area (Å²) in [7, 11) is 0. The quantitative estimate of drug-likeness (QED) is 0.262. The molecule has 0 bridgehead atoms. The Morgan fingerprint density at radius 1 is 1.14 bits per heavy atom. The number of imidazole rings is 1. The first-order chi connectivity index (χ1) is 16.9. The van der Waals surface area contributed by atoms with Crippen LogP contribution in [0.1, 0.15) is 77.5 Å². The number of ketones is 1. The standard InChI is InChI=1S/C26H27N5O4/c1-5-6-11-34-26(33)31-21-13-18(22-15(3)30-35-16(22)4)12-19(23(21)27-25(31)17-8-9-17)24(32)20-10-7-14(2)28-29-20/h7,10,12-13,17H,5-6,8-9,11H2,1-4H3. The van der Waals surface area contributed by atoms with Crippen molar-refractivity contribution < 1.29 is 18.8 Å². The van der Waals surface area contributed by atoms with E-state index in [1.165, 1.54) is 4.57 Å². The summed E-state index contributed by atoms with van der Waals surface area (Å²) >= 11 is 0. The monoisotopic (exact) mass is 473 g/mol. The minimum atomic E-state index is -0.479. The molecule has 0 amide bonds. The molecule has 0 unspecified atom stereocenters. The lowest BCUT2D eigenvalue weighted by Crippen LogP contribution is -2.17. The maximum absolute atomic E-state index is 13.6. The Morgan fingerprint density at radius 2 is 1.94 bits per heavy atom. The van der Waals surface area contributed by atoms with Crippen LogP contribution in [0.2, 0.25) is 0 Å². The van der Waals surface area contributed by atoms with Crippen molar-refractivity contribution in [3.8, 4) is 11.1 Å². The Balaban J connectivity index is 1.74. The number of ether oxygens (including phenoxy) is 1. The molecule has 4 aromatic rings. The Morgan fingerprint density at radius 3 is 2.57 bits per heavy atom. The summed E-state index contributed by atoms with van der Waals surface area (Å²) in [5.74, 6) is 1.09. The fraction of sp³-hybridized carbons (Fsp3) is 0.385. The molecule has 35 heavy (non-hydrogen) atoms. The largest absolute Gasteiger partial charge is 0.449 e. The van der Waals surface area contributed by atoms with Crippen LogP contribution in [-0.2, 0) is 4.74 Å². The van der Waals surface area contributed by atoms with Gasteiger partial charge in [-0.3, -0.25) is 4.79 Å². The number of fused-ring (bicyclic) bond motifs is 1. The van der Waals surface area contributed by atoms with Gasteiger partial charge < -0.3 is 9.26 Å². The van der Waals surface area contributed by atoms with Gasteiger partial charge in [0.15, 0.2) is 0 Å². The van der Waals surface area contributed by atoms with Crippen molar-refractivity contribution in [1.29, 1.82) is 0 Å². The van der Waals surface area contributed by atoms with Crippen molar-refractivity contribution in [3.63, 3.8) is 0 Å². The molecule has 1 fully saturated rings. The van der Waals surface area contributed by atoms with Gasteiger partial charge in [0, 0.05) is 11.5 Å². The van der Waals surface area contributed by atoms with Crippen molar-refractivity contribution in [2.45, 2.75) is 59.3 Å². The highest BCUT2D eigenvalue weighted by Gasteiger charge is 2.34. The average Bonchev–Trinajstić information content (AvgIpc) is 3.54. The molecule has 1 aromatic carbocycles. The molecule has 3 heterocycles. The van der Waals surface area contributed by atoms with Gasteiger partial charge in [0.2, 0.25) is 5.78 Å². The molecule has 0 radical (unpaired) electrons. The number of aromatic nitrogens is 5. The van der Waals surface area contributed by atoms with E-state index in [9.17, 15) is 9.59 Å². The fourth-order valence-corrected chi connectivity index (χ4v) is 4.24. The van der Waals surface area contributed by atoms with Crippen molar-refractivity contribution in [1.82, 2.24) is 24.9 Å². The molecular weight excluding hydrogens is 446 g/mol. The maximum atomic E-state index is 13.6. The number of carbonyl (C=O) groups excluding carboxylic acids is 2. The van der Waals surface area contributed by atoms with Gasteiger partial charge in [0.05, 0.1) is 29.1 Å². The first-order valence-corrected chi connectivity index (χ1v) is 11.9. The normalized spacial score (nSPS) is 13.4. The summed E-state index contributed by atoms with van der Waals surface area (Å²) in [5, 5.41) is 12.2. The second-order valence-corrected chi connectivity index (χ2v) is 9.03. The van der Waals surface area contributed by atoms with E-state index >= 15 is 0 Å². The van der Waals surface area contributed by atoms with Gasteiger partial charge in [-0.1, -0.05) is 18.5 Å². The summed E-state index contributed by atoms with van der Waals surface area (Å²) < 4.78 is 12.5. The van der Waals surface area contributed by atoms with Crippen molar-refractivity contribution in [3.05, 3.63) is 58.5 Å². The number of hydrogen-bond acceptors (Lipinski definition) is 8. The zero-order chi connectivity index (χ0) is 24.7. The van der Waals surface area contributed by atoms with E-state index in [2.05, 4.69) is 15.4 Å². The van der Waals surface area contributed by atoms with Gasteiger partial charge in [-0.05, 0) is 69.9 Å². The maximum Gasteiger partial charge on any atom is 0.419 e. The molecule has 5 rings (SSSR count). The second kappa shape index (κ2) is 9.05. The SMILES string of the molecule is CCCCOC(=O)n1c(C2CC2)nc2c(C(=O)c3ccc(C)nn3)cc(-c3c(C)noc3C)cc21. The lowest BCUT2D eigenvalue weighted by molar-refractivity contribution is 0.103. The molecule has 0 atom stereocenters. The summed E-state index contributed by atoms with van der Waals surface area (Å²) in [6.45, 7) is 7.84. The van der Waals surface area contributed by atoms with E-state index < -0.39 is 6.09 Å². The van der Waals surface area contributed by atoms with Crippen molar-refractivity contribution in [2.75, 3.05) is 6.61 Å². The third-order valence-electron chi connectivity index (χ3n) is 6.23. The summed E-state index contributed by atoms with van der Waals surface area (Å²) in [4.78, 5) is 31.7. The van der Waals surface area contributed by atoms with E-state index in [0.717, 1.165) is 31.2 Å². The third kappa shape index (κ3) is 4.22. The Kier molecular flexibility index (Phi) is 5.92. The van der Waals surface area contributed by atoms with E-state index in [-0.39, 0.29) is 17.4 Å². The number of carbonyl (C=O) groups is 2. The highest BCUT2D eigenvalue weighted by atomic mass is 16.5. The highest BCUT2D eigenvalue weighted by Crippen LogP contribution is 2.42. The lowest BCUT2D eigenvalue weighted by atomic mass is 9.97. The van der Waals surface area contributed by atoms with Gasteiger partial charge in [0.1, 0.15) is 22.8 Å². The van der Waals surface area contributed by atoms with E-state index in [1.807, 2.05) is 33.8 Å². The number of aryl methyl sites for hydroxylation is 3. The van der Waals surface area contributed by atoms with Crippen molar-refractivity contribution in [2.24, 2.45) is 0 Å². The van der Waals surface area contributed by atoms with Gasteiger partial charge in [-0.25, -0.2) is 14.3 Å². The Hall–Kier alpha value is -3.88. The topological polar surface area (TPSA) is 113 Å². The molecule has 9 heteroatoms. The summed E-state index contributed by atoms with van der Waals surface area (Å²) in [6, 6.07) is 7.03. The lowest BCUT2D eigenvalue weighted by Gasteiger charge is -2.10. The number of rotatable bonds is 7. The fourth-order valence-electron chi connectivity index (χ4n) is 4.24. The van der Waals surface area contributed by atoms with Crippen molar-refractivity contribution >= 4 is 22.9 Å². The number of unbranched alkanes of at least 4 members (excludes halogenated alkanes) is 1. The molecule has 0 aliphatic heterocycles. The van der Waals surface area contributed by atoms with Gasteiger partial charge in [-0.2, -0.15) is 5.10 Å². The van der Waals surface area contributed by atoms with Gasteiger partial charge >= 0.3 is 6.09 Å². The van der Waals surface area contributed by atoms with Crippen LogP contribution in [0.3, 0.4) is 0 Å². The summed E-state index contributed by atoms with van der Waals surface area (Å²) in [5.41, 5.74) is 4.41. The third-order valence-corrected chi connectivity index (χ3v) is 6.23. The molecular formula is C26H27N5O4. The van der Waals surface area contributed by atoms with Gasteiger partial charge in [-0.15, -0.1) is 5.10 Å². The highest BCUT2D eigenvalue weighted by molar-refractivity contribution is 6.16. The zero-order valence-electron chi connectivity index (χ0n) is 20.3. The van der Waals surface area contributed by atoms with Crippen LogP contribution in [0.15, 0.2) is 28.8 Å². The predicted octanol–water partition coefficient (Wildman–Crippen LogP) is 5.30. The van der Waals surface area contributed by atoms with Crippen LogP contribution in [-0.4, -0.2) is 43.4 Å². The second-order valence-electron chi connectivity index (χ2n) is 9.03. The predicted molar refractivity (Wildman–Crippen MR) is 129 cm³/mol. The van der Waals surface area contributed by atoms with Crippen LogP contribution in [0.25, 0.3) is 22.2 Å². The molecule has 9 nitrogen and oxygen atoms in total.